The standard InChI is InChI=1S/C20H26ClN5O/c1-15-5-7-17(8-6-15)27-13-11-24-20(22-2)25-16-9-12-26(14-16)19-18(21)4-3-10-23-19/h3-8,10,16H,9,11-14H2,1-2H3,(H2,22,24,25). The number of aryl methyl sites for hydroxylation is 1. The minimum atomic E-state index is 0.298. The van der Waals surface area contributed by atoms with Crippen molar-refractivity contribution in [2.75, 3.05) is 38.2 Å². The summed E-state index contributed by atoms with van der Waals surface area (Å²) >= 11 is 6.25. The van der Waals surface area contributed by atoms with E-state index >= 15 is 0 Å². The fourth-order valence-corrected chi connectivity index (χ4v) is 3.28. The largest absolute Gasteiger partial charge is 0.492 e. The molecule has 2 N–H and O–H groups in total. The summed E-state index contributed by atoms with van der Waals surface area (Å²) in [6.07, 6.45) is 2.78. The number of nitrogens with one attached hydrogen (secondary N) is 2. The lowest BCUT2D eigenvalue weighted by Crippen LogP contribution is -2.45. The molecule has 0 spiro atoms. The van der Waals surface area contributed by atoms with Gasteiger partial charge in [-0.25, -0.2) is 4.98 Å². The average Bonchev–Trinajstić information content (AvgIpc) is 3.14. The summed E-state index contributed by atoms with van der Waals surface area (Å²) in [5.41, 5.74) is 1.22. The Kier molecular flexibility index (Phi) is 6.76. The molecule has 1 aromatic carbocycles. The lowest BCUT2D eigenvalue weighted by Gasteiger charge is -2.20. The van der Waals surface area contributed by atoms with Gasteiger partial charge < -0.3 is 20.3 Å². The van der Waals surface area contributed by atoms with Crippen LogP contribution in [0.3, 0.4) is 0 Å². The van der Waals surface area contributed by atoms with Crippen LogP contribution in [0.1, 0.15) is 12.0 Å². The number of benzene rings is 1. The summed E-state index contributed by atoms with van der Waals surface area (Å²) in [5, 5.41) is 7.45. The summed E-state index contributed by atoms with van der Waals surface area (Å²) in [6, 6.07) is 12.1. The molecule has 6 nitrogen and oxygen atoms in total. The van der Waals surface area contributed by atoms with Crippen LogP contribution < -0.4 is 20.3 Å². The lowest BCUT2D eigenvalue weighted by atomic mass is 10.2. The number of halogens is 1. The second-order valence-electron chi connectivity index (χ2n) is 6.55. The number of ether oxygens (including phenoxy) is 1. The molecule has 1 fully saturated rings. The Hall–Kier alpha value is -2.47. The first-order chi connectivity index (χ1) is 13.2. The quantitative estimate of drug-likeness (QED) is 0.453. The molecule has 7 heteroatoms. The van der Waals surface area contributed by atoms with Crippen molar-refractivity contribution >= 4 is 23.4 Å². The van der Waals surface area contributed by atoms with Gasteiger partial charge in [0, 0.05) is 32.4 Å². The van der Waals surface area contributed by atoms with E-state index in [9.17, 15) is 0 Å². The van der Waals surface area contributed by atoms with Crippen molar-refractivity contribution in [1.82, 2.24) is 15.6 Å². The fourth-order valence-electron chi connectivity index (χ4n) is 3.04. The predicted molar refractivity (Wildman–Crippen MR) is 111 cm³/mol. The van der Waals surface area contributed by atoms with Crippen LogP contribution in [0.5, 0.6) is 5.75 Å². The second kappa shape index (κ2) is 9.46. The fraction of sp³-hybridized carbons (Fsp3) is 0.400. The van der Waals surface area contributed by atoms with Gasteiger partial charge in [-0.1, -0.05) is 29.3 Å². The maximum absolute atomic E-state index is 6.25. The zero-order valence-electron chi connectivity index (χ0n) is 15.8. The van der Waals surface area contributed by atoms with Crippen molar-refractivity contribution in [3.05, 3.63) is 53.2 Å². The van der Waals surface area contributed by atoms with Crippen molar-refractivity contribution in [2.45, 2.75) is 19.4 Å². The van der Waals surface area contributed by atoms with E-state index in [4.69, 9.17) is 16.3 Å². The first kappa shape index (κ1) is 19.3. The number of aliphatic imine (C=N–C) groups is 1. The van der Waals surface area contributed by atoms with Crippen LogP contribution in [0.25, 0.3) is 0 Å². The normalized spacial score (nSPS) is 17.1. The number of anilines is 1. The SMILES string of the molecule is CN=C(NCCOc1ccc(C)cc1)NC1CCN(c2ncccc2Cl)C1. The minimum absolute atomic E-state index is 0.298. The van der Waals surface area contributed by atoms with Gasteiger partial charge >= 0.3 is 0 Å². The van der Waals surface area contributed by atoms with Gasteiger partial charge in [0.15, 0.2) is 5.96 Å². The Bertz CT molecular complexity index is 765. The van der Waals surface area contributed by atoms with Crippen molar-refractivity contribution in [2.24, 2.45) is 4.99 Å². The Balaban J connectivity index is 1.41. The molecule has 27 heavy (non-hydrogen) atoms. The Labute approximate surface area is 165 Å². The average molecular weight is 388 g/mol. The topological polar surface area (TPSA) is 61.8 Å². The smallest absolute Gasteiger partial charge is 0.191 e. The molecule has 1 aliphatic heterocycles. The number of nitrogens with zero attached hydrogens (tertiary/aromatic N) is 3. The van der Waals surface area contributed by atoms with E-state index in [1.807, 2.05) is 36.4 Å². The highest BCUT2D eigenvalue weighted by Gasteiger charge is 2.25. The van der Waals surface area contributed by atoms with Crippen LogP contribution in [0.15, 0.2) is 47.6 Å². The van der Waals surface area contributed by atoms with E-state index in [1.54, 1.807) is 13.2 Å². The van der Waals surface area contributed by atoms with Crippen molar-refractivity contribution in [3.8, 4) is 5.75 Å². The Morgan fingerprint density at radius 1 is 1.33 bits per heavy atom. The molecule has 1 unspecified atom stereocenters. The highest BCUT2D eigenvalue weighted by Crippen LogP contribution is 2.25. The highest BCUT2D eigenvalue weighted by molar-refractivity contribution is 6.32. The van der Waals surface area contributed by atoms with Gasteiger partial charge in [0.05, 0.1) is 11.6 Å². The molecule has 1 aliphatic rings. The third-order valence-electron chi connectivity index (χ3n) is 4.48. The van der Waals surface area contributed by atoms with Crippen LogP contribution in [0.2, 0.25) is 5.02 Å². The molecule has 1 aromatic heterocycles. The monoisotopic (exact) mass is 387 g/mol. The maximum Gasteiger partial charge on any atom is 0.191 e. The van der Waals surface area contributed by atoms with Crippen LogP contribution in [-0.2, 0) is 0 Å². The first-order valence-electron chi connectivity index (χ1n) is 9.18. The summed E-state index contributed by atoms with van der Waals surface area (Å²) in [7, 11) is 1.78. The summed E-state index contributed by atoms with van der Waals surface area (Å²) in [5.74, 6) is 2.50. The van der Waals surface area contributed by atoms with Gasteiger partial charge in [-0.3, -0.25) is 4.99 Å². The molecule has 0 amide bonds. The van der Waals surface area contributed by atoms with Gasteiger partial charge in [-0.05, 0) is 37.6 Å². The van der Waals surface area contributed by atoms with Crippen LogP contribution in [0, 0.1) is 6.92 Å². The highest BCUT2D eigenvalue weighted by atomic mass is 35.5. The molecule has 144 valence electrons. The van der Waals surface area contributed by atoms with Gasteiger partial charge in [0.25, 0.3) is 0 Å². The molecule has 1 atom stereocenters. The van der Waals surface area contributed by atoms with Gasteiger partial charge in [-0.2, -0.15) is 0 Å². The van der Waals surface area contributed by atoms with E-state index in [1.165, 1.54) is 5.56 Å². The van der Waals surface area contributed by atoms with Crippen molar-refractivity contribution in [1.29, 1.82) is 0 Å². The lowest BCUT2D eigenvalue weighted by molar-refractivity contribution is 0.321. The molecule has 0 radical (unpaired) electrons. The van der Waals surface area contributed by atoms with Crippen LogP contribution >= 0.6 is 11.6 Å². The van der Waals surface area contributed by atoms with Gasteiger partial charge in [0.1, 0.15) is 18.2 Å². The molecular formula is C20H26ClN5O. The number of hydrogen-bond donors (Lipinski definition) is 2. The molecule has 0 saturated carbocycles. The van der Waals surface area contributed by atoms with Crippen LogP contribution in [-0.4, -0.2) is 50.3 Å². The minimum Gasteiger partial charge on any atom is -0.492 e. The summed E-state index contributed by atoms with van der Waals surface area (Å²) in [6.45, 7) is 5.08. The van der Waals surface area contributed by atoms with E-state index in [2.05, 4.69) is 32.4 Å². The summed E-state index contributed by atoms with van der Waals surface area (Å²) in [4.78, 5) is 10.9. The Morgan fingerprint density at radius 2 is 2.15 bits per heavy atom. The van der Waals surface area contributed by atoms with E-state index in [0.717, 1.165) is 37.0 Å². The predicted octanol–water partition coefficient (Wildman–Crippen LogP) is 2.87. The number of pyridine rings is 1. The zero-order valence-corrected chi connectivity index (χ0v) is 16.5. The van der Waals surface area contributed by atoms with Gasteiger partial charge in [-0.15, -0.1) is 0 Å². The van der Waals surface area contributed by atoms with Crippen molar-refractivity contribution < 1.29 is 4.74 Å². The van der Waals surface area contributed by atoms with Crippen LogP contribution in [0.4, 0.5) is 5.82 Å². The third-order valence-corrected chi connectivity index (χ3v) is 4.77. The molecule has 2 aromatic rings. The number of rotatable bonds is 6. The molecule has 0 bridgehead atoms. The molecule has 3 rings (SSSR count). The number of aromatic nitrogens is 1. The zero-order chi connectivity index (χ0) is 19.1. The third kappa shape index (κ3) is 5.50. The molecule has 1 saturated heterocycles. The van der Waals surface area contributed by atoms with E-state index in [0.29, 0.717) is 24.2 Å². The van der Waals surface area contributed by atoms with E-state index < -0.39 is 0 Å². The first-order valence-corrected chi connectivity index (χ1v) is 9.55. The molecule has 0 aliphatic carbocycles. The molecular weight excluding hydrogens is 362 g/mol. The Morgan fingerprint density at radius 3 is 2.89 bits per heavy atom. The maximum atomic E-state index is 6.25. The number of guanidine groups is 1. The van der Waals surface area contributed by atoms with Gasteiger partial charge in [0.2, 0.25) is 0 Å². The second-order valence-corrected chi connectivity index (χ2v) is 6.95. The van der Waals surface area contributed by atoms with E-state index in [-0.39, 0.29) is 0 Å². The molecule has 2 heterocycles. The number of hydrogen-bond acceptors (Lipinski definition) is 4. The van der Waals surface area contributed by atoms with Crippen molar-refractivity contribution in [3.63, 3.8) is 0 Å². The summed E-state index contributed by atoms with van der Waals surface area (Å²) < 4.78 is 5.74.